The molecule has 0 unspecified atom stereocenters. The van der Waals surface area contributed by atoms with Gasteiger partial charge in [0.2, 0.25) is 0 Å². The largest absolute Gasteiger partial charge is 0.0728 e. The van der Waals surface area contributed by atoms with Gasteiger partial charge in [-0.1, -0.05) is 106 Å². The molecule has 0 spiro atoms. The Morgan fingerprint density at radius 3 is 1.62 bits per heavy atom. The molecular weight excluding hydrogens is 361 g/mol. The molecule has 26 heavy (non-hydrogen) atoms. The normalized spacial score (nSPS) is 14.0. The molecule has 0 saturated heterocycles. The van der Waals surface area contributed by atoms with Gasteiger partial charge in [0.05, 0.1) is 7.59 Å². The fourth-order valence-electron chi connectivity index (χ4n) is 4.55. The maximum Gasteiger partial charge on any atom is 0.0721 e. The second-order valence-corrected chi connectivity index (χ2v) is 38.8. The SMILES string of the molecule is C[Si](C)(C)[Si](C)(C)[Si](C)(C)c1ccc2ccc3cccc4ccc1c2c34. The minimum Gasteiger partial charge on any atom is -0.0728 e. The third kappa shape index (κ3) is 2.30. The van der Waals surface area contributed by atoms with Crippen molar-refractivity contribution in [3.05, 3.63) is 54.6 Å². The van der Waals surface area contributed by atoms with Gasteiger partial charge in [0, 0.05) is 14.7 Å². The van der Waals surface area contributed by atoms with Crippen molar-refractivity contribution in [2.75, 3.05) is 0 Å². The summed E-state index contributed by atoms with van der Waals surface area (Å²) in [7, 11) is -4.01. The molecule has 0 bridgehead atoms. The van der Waals surface area contributed by atoms with Gasteiger partial charge in [-0.05, 0) is 32.3 Å². The molecule has 0 heterocycles. The van der Waals surface area contributed by atoms with Crippen molar-refractivity contribution in [2.24, 2.45) is 0 Å². The lowest BCUT2D eigenvalue weighted by Crippen LogP contribution is -2.73. The highest BCUT2D eigenvalue weighted by molar-refractivity contribution is 7.70. The molecular formula is C23H30Si3. The Morgan fingerprint density at radius 2 is 1.04 bits per heavy atom. The van der Waals surface area contributed by atoms with Crippen LogP contribution in [-0.2, 0) is 0 Å². The number of hydrogen-bond acceptors (Lipinski definition) is 0. The minimum absolute atomic E-state index is 1.17. The Bertz CT molecular complexity index is 1100. The smallest absolute Gasteiger partial charge is 0.0721 e. The van der Waals surface area contributed by atoms with E-state index in [0.717, 1.165) is 0 Å². The van der Waals surface area contributed by atoms with Gasteiger partial charge >= 0.3 is 0 Å². The first-order valence-corrected chi connectivity index (χ1v) is 21.2. The van der Waals surface area contributed by atoms with Gasteiger partial charge in [-0.3, -0.25) is 0 Å². The zero-order chi connectivity index (χ0) is 18.9. The van der Waals surface area contributed by atoms with Gasteiger partial charge < -0.3 is 0 Å². The van der Waals surface area contributed by atoms with Crippen molar-refractivity contribution >= 4 is 59.8 Å². The predicted octanol–water partition coefficient (Wildman–Crippen LogP) is 6.70. The molecule has 0 atom stereocenters. The lowest BCUT2D eigenvalue weighted by Gasteiger charge is -2.47. The Balaban J connectivity index is 2.12. The van der Waals surface area contributed by atoms with Gasteiger partial charge in [-0.15, -0.1) is 0 Å². The van der Waals surface area contributed by atoms with Crippen molar-refractivity contribution in [3.8, 4) is 0 Å². The first kappa shape index (κ1) is 18.0. The highest BCUT2D eigenvalue weighted by atomic mass is 29.6. The van der Waals surface area contributed by atoms with Crippen molar-refractivity contribution in [2.45, 2.75) is 45.8 Å². The van der Waals surface area contributed by atoms with Crippen molar-refractivity contribution in [1.29, 1.82) is 0 Å². The lowest BCUT2D eigenvalue weighted by atomic mass is 9.94. The summed E-state index contributed by atoms with van der Waals surface area (Å²) in [5.41, 5.74) is 0. The monoisotopic (exact) mass is 390 g/mol. The quantitative estimate of drug-likeness (QED) is 0.269. The molecule has 0 aromatic heterocycles. The summed E-state index contributed by atoms with van der Waals surface area (Å²) in [6, 6.07) is 21.0. The van der Waals surface area contributed by atoms with E-state index in [4.69, 9.17) is 0 Å². The molecule has 4 aromatic carbocycles. The van der Waals surface area contributed by atoms with E-state index >= 15 is 0 Å². The van der Waals surface area contributed by atoms with Crippen LogP contribution in [0.15, 0.2) is 54.6 Å². The minimum atomic E-state index is -1.53. The highest BCUT2D eigenvalue weighted by Crippen LogP contribution is 2.36. The third-order valence-electron chi connectivity index (χ3n) is 7.64. The summed E-state index contributed by atoms with van der Waals surface area (Å²) >= 11 is 0. The van der Waals surface area contributed by atoms with Crippen molar-refractivity contribution in [1.82, 2.24) is 0 Å². The molecule has 3 heteroatoms. The maximum absolute atomic E-state index is 2.68. The fraction of sp³-hybridized carbons (Fsp3) is 0.304. The molecule has 0 saturated carbocycles. The molecule has 0 aliphatic heterocycles. The van der Waals surface area contributed by atoms with E-state index in [1.807, 2.05) is 0 Å². The van der Waals surface area contributed by atoms with E-state index in [-0.39, 0.29) is 0 Å². The molecule has 0 N–H and O–H groups in total. The molecule has 4 rings (SSSR count). The Morgan fingerprint density at radius 1 is 0.538 bits per heavy atom. The van der Waals surface area contributed by atoms with Crippen LogP contribution < -0.4 is 5.19 Å². The van der Waals surface area contributed by atoms with Crippen LogP contribution in [0.4, 0.5) is 0 Å². The summed E-state index contributed by atoms with van der Waals surface area (Å²) in [5.74, 6) is 0. The highest BCUT2D eigenvalue weighted by Gasteiger charge is 2.50. The van der Waals surface area contributed by atoms with Crippen LogP contribution in [0.25, 0.3) is 32.3 Å². The van der Waals surface area contributed by atoms with Crippen molar-refractivity contribution < 1.29 is 0 Å². The van der Waals surface area contributed by atoms with E-state index in [1.54, 1.807) is 5.19 Å². The fourth-order valence-corrected chi connectivity index (χ4v) is 34.9. The average molecular weight is 391 g/mol. The van der Waals surface area contributed by atoms with E-state index in [9.17, 15) is 0 Å². The van der Waals surface area contributed by atoms with Gasteiger partial charge in [-0.25, -0.2) is 0 Å². The van der Waals surface area contributed by atoms with Crippen LogP contribution in [0.2, 0.25) is 45.8 Å². The molecule has 0 amide bonds. The third-order valence-corrected chi connectivity index (χ3v) is 50.1. The number of rotatable bonds is 3. The van der Waals surface area contributed by atoms with Crippen LogP contribution >= 0.6 is 0 Å². The van der Waals surface area contributed by atoms with Gasteiger partial charge in [-0.2, -0.15) is 0 Å². The summed E-state index contributed by atoms with van der Waals surface area (Å²) in [5, 5.41) is 10.3. The Labute approximate surface area is 160 Å². The summed E-state index contributed by atoms with van der Waals surface area (Å²) < 4.78 is 0. The molecule has 0 aliphatic rings. The van der Waals surface area contributed by atoms with Crippen LogP contribution in [-0.4, -0.2) is 22.3 Å². The maximum atomic E-state index is 2.68. The van der Waals surface area contributed by atoms with Crippen LogP contribution in [0.5, 0.6) is 0 Å². The lowest BCUT2D eigenvalue weighted by molar-refractivity contribution is 1.72. The molecule has 0 fully saturated rings. The number of hydrogen-bond donors (Lipinski definition) is 0. The van der Waals surface area contributed by atoms with E-state index in [2.05, 4.69) is 100 Å². The predicted molar refractivity (Wildman–Crippen MR) is 128 cm³/mol. The standard InChI is InChI=1S/C23H30Si3/c1-24(2,3)26(6,7)25(4,5)21-16-14-19-12-11-17-9-8-10-18-13-15-20(21)23(19)22(17)18/h8-16H,1-7H3. The summed E-state index contributed by atoms with van der Waals surface area (Å²) in [6.45, 7) is 18.5. The van der Waals surface area contributed by atoms with E-state index < -0.39 is 22.3 Å². The summed E-state index contributed by atoms with van der Waals surface area (Å²) in [4.78, 5) is 0. The van der Waals surface area contributed by atoms with Gasteiger partial charge in [0.25, 0.3) is 0 Å². The first-order valence-electron chi connectivity index (χ1n) is 9.73. The molecule has 0 nitrogen and oxygen atoms in total. The molecule has 4 aromatic rings. The zero-order valence-electron chi connectivity index (χ0n) is 17.2. The second-order valence-electron chi connectivity index (χ2n) is 9.97. The van der Waals surface area contributed by atoms with E-state index in [1.165, 1.54) is 32.3 Å². The molecule has 0 aliphatic carbocycles. The Hall–Kier alpha value is -1.43. The number of benzene rings is 4. The van der Waals surface area contributed by atoms with Crippen LogP contribution in [0.1, 0.15) is 0 Å². The first-order chi connectivity index (χ1) is 12.1. The van der Waals surface area contributed by atoms with Crippen LogP contribution in [0, 0.1) is 0 Å². The Kier molecular flexibility index (Phi) is 3.82. The van der Waals surface area contributed by atoms with Gasteiger partial charge in [0.15, 0.2) is 0 Å². The average Bonchev–Trinajstić information content (AvgIpc) is 2.58. The second kappa shape index (κ2) is 5.54. The van der Waals surface area contributed by atoms with Gasteiger partial charge in [0.1, 0.15) is 0 Å². The van der Waals surface area contributed by atoms with Crippen molar-refractivity contribution in [3.63, 3.8) is 0 Å². The molecule has 134 valence electrons. The van der Waals surface area contributed by atoms with Crippen LogP contribution in [0.3, 0.4) is 0 Å². The summed E-state index contributed by atoms with van der Waals surface area (Å²) in [6.07, 6.45) is 0. The topological polar surface area (TPSA) is 0 Å². The molecule has 0 radical (unpaired) electrons. The zero-order valence-corrected chi connectivity index (χ0v) is 20.2. The van der Waals surface area contributed by atoms with E-state index in [0.29, 0.717) is 0 Å².